The smallest absolute Gasteiger partial charge is 0.319 e. The summed E-state index contributed by atoms with van der Waals surface area (Å²) in [6.07, 6.45) is 1.93. The first-order valence-corrected chi connectivity index (χ1v) is 11.7. The highest BCUT2D eigenvalue weighted by Crippen LogP contribution is 2.36. The summed E-state index contributed by atoms with van der Waals surface area (Å²) in [7, 11) is 2.13. The molecule has 3 aromatic carbocycles. The quantitative estimate of drug-likeness (QED) is 0.388. The Morgan fingerprint density at radius 3 is 2.27 bits per heavy atom. The lowest BCUT2D eigenvalue weighted by molar-refractivity contribution is 0.183. The summed E-state index contributed by atoms with van der Waals surface area (Å²) >= 11 is 12.1. The Morgan fingerprint density at radius 2 is 1.64 bits per heavy atom. The molecule has 2 amide bonds. The van der Waals surface area contributed by atoms with Gasteiger partial charge in [0.1, 0.15) is 0 Å². The first-order chi connectivity index (χ1) is 15.8. The molecule has 172 valence electrons. The summed E-state index contributed by atoms with van der Waals surface area (Å²) in [5.41, 5.74) is 10.6. The summed E-state index contributed by atoms with van der Waals surface area (Å²) in [4.78, 5) is 15.0. The van der Waals surface area contributed by atoms with E-state index in [1.54, 1.807) is 18.2 Å². The number of nitrogens with two attached hydrogens (primary N) is 1. The van der Waals surface area contributed by atoms with Crippen LogP contribution in [0.1, 0.15) is 18.4 Å². The van der Waals surface area contributed by atoms with E-state index in [1.807, 2.05) is 18.2 Å². The van der Waals surface area contributed by atoms with Gasteiger partial charge in [0, 0.05) is 33.4 Å². The Labute approximate surface area is 204 Å². The summed E-state index contributed by atoms with van der Waals surface area (Å²) in [6.45, 7) is 2.49. The molecule has 7 heteroatoms. The second kappa shape index (κ2) is 10.0. The number of benzene rings is 3. The van der Waals surface area contributed by atoms with Crippen LogP contribution in [0.4, 0.5) is 16.2 Å². The van der Waals surface area contributed by atoms with E-state index >= 15 is 0 Å². The number of rotatable bonds is 5. The van der Waals surface area contributed by atoms with Gasteiger partial charge in [0.25, 0.3) is 0 Å². The maximum Gasteiger partial charge on any atom is 0.319 e. The number of halogens is 2. The molecule has 0 saturated carbocycles. The Kier molecular flexibility index (Phi) is 7.13. The molecule has 5 nitrogen and oxygen atoms in total. The van der Waals surface area contributed by atoms with Gasteiger partial charge in [-0.05, 0) is 80.0 Å². The molecule has 33 heavy (non-hydrogen) atoms. The number of hydrogen-bond acceptors (Lipinski definition) is 3. The molecule has 1 fully saturated rings. The third-order valence-electron chi connectivity index (χ3n) is 6.37. The zero-order valence-electron chi connectivity index (χ0n) is 18.6. The van der Waals surface area contributed by atoms with Crippen molar-refractivity contribution < 1.29 is 4.79 Å². The lowest BCUT2D eigenvalue weighted by Gasteiger charge is -2.41. The van der Waals surface area contributed by atoms with Crippen molar-refractivity contribution in [3.63, 3.8) is 0 Å². The van der Waals surface area contributed by atoms with Crippen LogP contribution in [-0.4, -0.2) is 37.6 Å². The SMILES string of the molecule is CN1CCC(CNC(=O)Nc2cc(Cl)cc(Cl)c2)(c2ccc(-c3cccc(N)c3)cc2)CC1. The summed E-state index contributed by atoms with van der Waals surface area (Å²) in [5, 5.41) is 6.87. The number of likely N-dealkylation sites (tertiary alicyclic amines) is 1. The summed E-state index contributed by atoms with van der Waals surface area (Å²) < 4.78 is 0. The molecule has 0 aromatic heterocycles. The monoisotopic (exact) mass is 482 g/mol. The molecule has 3 aromatic rings. The molecular weight excluding hydrogens is 455 g/mol. The van der Waals surface area contributed by atoms with Gasteiger partial charge in [-0.3, -0.25) is 0 Å². The van der Waals surface area contributed by atoms with Gasteiger partial charge in [-0.15, -0.1) is 0 Å². The molecule has 1 heterocycles. The van der Waals surface area contributed by atoms with Crippen LogP contribution in [0, 0.1) is 0 Å². The van der Waals surface area contributed by atoms with Crippen LogP contribution in [-0.2, 0) is 5.41 Å². The second-order valence-corrected chi connectivity index (χ2v) is 9.63. The molecule has 0 unspecified atom stereocenters. The number of nitrogens with one attached hydrogen (secondary N) is 2. The van der Waals surface area contributed by atoms with Crippen LogP contribution in [0.2, 0.25) is 10.0 Å². The number of carbonyl (C=O) groups is 1. The van der Waals surface area contributed by atoms with Crippen LogP contribution in [0.3, 0.4) is 0 Å². The second-order valence-electron chi connectivity index (χ2n) is 8.75. The molecule has 0 atom stereocenters. The van der Waals surface area contributed by atoms with Crippen LogP contribution in [0.15, 0.2) is 66.7 Å². The Hall–Kier alpha value is -2.73. The lowest BCUT2D eigenvalue weighted by Crippen LogP contribution is -2.48. The Balaban J connectivity index is 1.50. The third kappa shape index (κ3) is 5.80. The Morgan fingerprint density at radius 1 is 0.970 bits per heavy atom. The van der Waals surface area contributed by atoms with Gasteiger partial charge in [-0.1, -0.05) is 59.6 Å². The minimum absolute atomic E-state index is 0.135. The first kappa shape index (κ1) is 23.4. The van der Waals surface area contributed by atoms with Gasteiger partial charge in [0.15, 0.2) is 0 Å². The molecule has 1 aliphatic heterocycles. The maximum atomic E-state index is 12.7. The van der Waals surface area contributed by atoms with Gasteiger partial charge >= 0.3 is 6.03 Å². The molecule has 0 bridgehead atoms. The minimum atomic E-state index is -0.275. The predicted molar refractivity (Wildman–Crippen MR) is 138 cm³/mol. The van der Waals surface area contributed by atoms with Crippen LogP contribution >= 0.6 is 23.2 Å². The molecule has 0 aliphatic carbocycles. The van der Waals surface area contributed by atoms with Crippen molar-refractivity contribution in [2.75, 3.05) is 37.7 Å². The number of carbonyl (C=O) groups excluding carboxylic acids is 1. The van der Waals surface area contributed by atoms with Gasteiger partial charge in [-0.2, -0.15) is 0 Å². The van der Waals surface area contributed by atoms with E-state index in [0.29, 0.717) is 22.3 Å². The number of amides is 2. The molecular formula is C26H28Cl2N4O. The number of hydrogen-bond donors (Lipinski definition) is 3. The number of nitrogen functional groups attached to an aromatic ring is 1. The minimum Gasteiger partial charge on any atom is -0.399 e. The van der Waals surface area contributed by atoms with Crippen molar-refractivity contribution in [3.8, 4) is 11.1 Å². The fourth-order valence-corrected chi connectivity index (χ4v) is 4.93. The van der Waals surface area contributed by atoms with E-state index < -0.39 is 0 Å². The molecule has 0 radical (unpaired) electrons. The number of piperidine rings is 1. The van der Waals surface area contributed by atoms with E-state index in [0.717, 1.165) is 42.7 Å². The van der Waals surface area contributed by atoms with Crippen molar-refractivity contribution >= 4 is 40.6 Å². The van der Waals surface area contributed by atoms with Crippen molar-refractivity contribution in [2.45, 2.75) is 18.3 Å². The fraction of sp³-hybridized carbons (Fsp3) is 0.269. The van der Waals surface area contributed by atoms with Crippen molar-refractivity contribution in [3.05, 3.63) is 82.3 Å². The molecule has 0 spiro atoms. The normalized spacial score (nSPS) is 15.7. The van der Waals surface area contributed by atoms with E-state index in [1.165, 1.54) is 5.56 Å². The first-order valence-electron chi connectivity index (χ1n) is 11.0. The topological polar surface area (TPSA) is 70.4 Å². The van der Waals surface area contributed by atoms with Gasteiger partial charge in [0.2, 0.25) is 0 Å². The molecule has 4 rings (SSSR count). The Bertz CT molecular complexity index is 1110. The van der Waals surface area contributed by atoms with Crippen molar-refractivity contribution in [1.29, 1.82) is 0 Å². The highest BCUT2D eigenvalue weighted by atomic mass is 35.5. The van der Waals surface area contributed by atoms with E-state index in [9.17, 15) is 4.79 Å². The average molecular weight is 483 g/mol. The molecule has 1 aliphatic rings. The zero-order valence-corrected chi connectivity index (χ0v) is 20.1. The van der Waals surface area contributed by atoms with Gasteiger partial charge < -0.3 is 21.3 Å². The molecule has 1 saturated heterocycles. The highest BCUT2D eigenvalue weighted by Gasteiger charge is 2.35. The molecule has 4 N–H and O–H groups in total. The zero-order chi connectivity index (χ0) is 23.4. The highest BCUT2D eigenvalue weighted by molar-refractivity contribution is 6.35. The summed E-state index contributed by atoms with van der Waals surface area (Å²) in [6, 6.07) is 21.2. The third-order valence-corrected chi connectivity index (χ3v) is 6.81. The van der Waals surface area contributed by atoms with Gasteiger partial charge in [-0.25, -0.2) is 4.79 Å². The number of nitrogens with zero attached hydrogens (tertiary/aromatic N) is 1. The van der Waals surface area contributed by atoms with Gasteiger partial charge in [0.05, 0.1) is 0 Å². The fourth-order valence-electron chi connectivity index (χ4n) is 4.40. The average Bonchev–Trinajstić information content (AvgIpc) is 2.78. The largest absolute Gasteiger partial charge is 0.399 e. The standard InChI is InChI=1S/C26H28Cl2N4O/c1-32-11-9-26(10-12-32,17-30-25(33)31-24-15-21(27)14-22(28)16-24)20-7-5-18(6-8-20)19-3-2-4-23(29)13-19/h2-8,13-16H,9-12,17,29H2,1H3,(H2,30,31,33). The van der Waals surface area contributed by atoms with Crippen LogP contribution in [0.5, 0.6) is 0 Å². The van der Waals surface area contributed by atoms with Crippen molar-refractivity contribution in [2.24, 2.45) is 0 Å². The van der Waals surface area contributed by atoms with E-state index in [-0.39, 0.29) is 11.4 Å². The van der Waals surface area contributed by atoms with Crippen molar-refractivity contribution in [1.82, 2.24) is 10.2 Å². The predicted octanol–water partition coefficient (Wildman–Crippen LogP) is 6.03. The number of urea groups is 1. The van der Waals surface area contributed by atoms with Crippen LogP contribution < -0.4 is 16.4 Å². The maximum absolute atomic E-state index is 12.7. The van der Waals surface area contributed by atoms with E-state index in [2.05, 4.69) is 52.9 Å². The van der Waals surface area contributed by atoms with E-state index in [4.69, 9.17) is 28.9 Å². The number of anilines is 2. The lowest BCUT2D eigenvalue weighted by atomic mass is 9.72. The van der Waals surface area contributed by atoms with Crippen LogP contribution in [0.25, 0.3) is 11.1 Å². The summed E-state index contributed by atoms with van der Waals surface area (Å²) in [5.74, 6) is 0.